The summed E-state index contributed by atoms with van der Waals surface area (Å²) in [6.07, 6.45) is 0. The minimum Gasteiger partial charge on any atom is -0.433 e. The van der Waals surface area contributed by atoms with Gasteiger partial charge in [-0.25, -0.2) is 0 Å². The Hall–Kier alpha value is -2.08. The number of ether oxygens (including phenoxy) is 1. The molecule has 0 heterocycles. The number of carbonyl (C=O) groups excluding carboxylic acids is 1. The van der Waals surface area contributed by atoms with Crippen molar-refractivity contribution in [2.24, 2.45) is 0 Å². The van der Waals surface area contributed by atoms with Gasteiger partial charge in [0.15, 0.2) is 0 Å². The van der Waals surface area contributed by atoms with Crippen LogP contribution in [0.2, 0.25) is 0 Å². The third-order valence-electron chi connectivity index (χ3n) is 2.46. The van der Waals surface area contributed by atoms with Crippen LogP contribution in [0.3, 0.4) is 0 Å². The number of alkyl halides is 2. The summed E-state index contributed by atoms with van der Waals surface area (Å²) in [5, 5.41) is 2.53. The lowest BCUT2D eigenvalue weighted by Gasteiger charge is -2.11. The molecule has 2 aromatic rings. The highest BCUT2D eigenvalue weighted by Gasteiger charge is 2.12. The van der Waals surface area contributed by atoms with Crippen LogP contribution in [-0.2, 0) is 0 Å². The molecule has 0 aliphatic heterocycles. The summed E-state index contributed by atoms with van der Waals surface area (Å²) in [4.78, 5) is 12.7. The van der Waals surface area contributed by atoms with Crippen molar-refractivity contribution in [3.05, 3.63) is 54.1 Å². The number of amides is 1. The van der Waals surface area contributed by atoms with Crippen LogP contribution in [0.25, 0.3) is 0 Å². The molecule has 0 aliphatic carbocycles. The third-order valence-corrected chi connectivity index (χ3v) is 2.74. The predicted molar refractivity (Wildman–Crippen MR) is 74.7 cm³/mol. The fraction of sp³-hybridized carbons (Fsp3) is 0.0714. The van der Waals surface area contributed by atoms with Crippen molar-refractivity contribution in [1.29, 1.82) is 0 Å². The molecular formula is C14H11F2NO2S. The normalized spacial score (nSPS) is 10.4. The fourth-order valence-electron chi connectivity index (χ4n) is 1.61. The molecule has 3 nitrogen and oxygen atoms in total. The molecule has 0 fully saturated rings. The summed E-state index contributed by atoms with van der Waals surface area (Å²) >= 11 is 4.14. The molecule has 0 radical (unpaired) electrons. The number of hydrogen-bond acceptors (Lipinski definition) is 3. The summed E-state index contributed by atoms with van der Waals surface area (Å²) in [5.41, 5.74) is 0.562. The van der Waals surface area contributed by atoms with Gasteiger partial charge in [0.25, 0.3) is 5.91 Å². The molecule has 0 atom stereocenters. The Morgan fingerprint density at radius 1 is 1.15 bits per heavy atom. The Labute approximate surface area is 120 Å². The van der Waals surface area contributed by atoms with Gasteiger partial charge in [0.05, 0.1) is 5.69 Å². The molecule has 1 amide bonds. The molecule has 0 saturated carbocycles. The maximum atomic E-state index is 12.3. The van der Waals surface area contributed by atoms with E-state index in [0.717, 1.165) is 0 Å². The van der Waals surface area contributed by atoms with Crippen LogP contribution in [0.5, 0.6) is 5.75 Å². The van der Waals surface area contributed by atoms with Crippen LogP contribution >= 0.6 is 12.6 Å². The number of nitrogens with one attached hydrogen (secondary N) is 1. The minimum atomic E-state index is -2.95. The van der Waals surface area contributed by atoms with E-state index in [1.165, 1.54) is 12.1 Å². The van der Waals surface area contributed by atoms with Crippen molar-refractivity contribution in [3.8, 4) is 5.75 Å². The molecule has 2 aromatic carbocycles. The molecular weight excluding hydrogens is 284 g/mol. The van der Waals surface area contributed by atoms with Crippen LogP contribution in [0.4, 0.5) is 14.5 Å². The average Bonchev–Trinajstić information content (AvgIpc) is 2.40. The molecule has 0 spiro atoms. The lowest BCUT2D eigenvalue weighted by atomic mass is 10.2. The topological polar surface area (TPSA) is 38.3 Å². The first-order chi connectivity index (χ1) is 9.56. The van der Waals surface area contributed by atoms with Crippen LogP contribution in [0.15, 0.2) is 53.4 Å². The molecule has 104 valence electrons. The second-order valence-corrected chi connectivity index (χ2v) is 4.40. The summed E-state index contributed by atoms with van der Waals surface area (Å²) in [7, 11) is 0. The zero-order valence-corrected chi connectivity index (χ0v) is 11.1. The number of halogens is 2. The highest BCUT2D eigenvalue weighted by molar-refractivity contribution is 7.80. The number of thiol groups is 1. The Balaban J connectivity index is 2.19. The second-order valence-electron chi connectivity index (χ2n) is 3.88. The van der Waals surface area contributed by atoms with Gasteiger partial charge in [-0.1, -0.05) is 18.2 Å². The lowest BCUT2D eigenvalue weighted by Crippen LogP contribution is -2.13. The maximum absolute atomic E-state index is 12.3. The van der Waals surface area contributed by atoms with Gasteiger partial charge in [-0.3, -0.25) is 4.79 Å². The number of benzene rings is 2. The Morgan fingerprint density at radius 3 is 2.60 bits per heavy atom. The van der Waals surface area contributed by atoms with Gasteiger partial charge < -0.3 is 10.1 Å². The van der Waals surface area contributed by atoms with Crippen LogP contribution < -0.4 is 10.1 Å². The lowest BCUT2D eigenvalue weighted by molar-refractivity contribution is -0.0493. The predicted octanol–water partition coefficient (Wildman–Crippen LogP) is 3.83. The molecule has 0 aliphatic rings. The SMILES string of the molecule is O=C(Nc1ccccc1OC(F)F)c1cccc(S)c1. The van der Waals surface area contributed by atoms with Crippen molar-refractivity contribution in [2.75, 3.05) is 5.32 Å². The van der Waals surface area contributed by atoms with Crippen LogP contribution in [0, 0.1) is 0 Å². The Kier molecular flexibility index (Phi) is 4.57. The summed E-state index contributed by atoms with van der Waals surface area (Å²) in [6.45, 7) is -2.95. The van der Waals surface area contributed by atoms with Gasteiger partial charge in [-0.15, -0.1) is 12.6 Å². The third kappa shape index (κ3) is 3.71. The van der Waals surface area contributed by atoms with E-state index in [2.05, 4.69) is 22.7 Å². The van der Waals surface area contributed by atoms with E-state index in [4.69, 9.17) is 0 Å². The van der Waals surface area contributed by atoms with E-state index in [0.29, 0.717) is 10.5 Å². The van der Waals surface area contributed by atoms with Crippen molar-refractivity contribution in [3.63, 3.8) is 0 Å². The summed E-state index contributed by atoms with van der Waals surface area (Å²) in [6, 6.07) is 12.6. The summed E-state index contributed by atoms with van der Waals surface area (Å²) in [5.74, 6) is -0.510. The Morgan fingerprint density at radius 2 is 1.90 bits per heavy atom. The van der Waals surface area contributed by atoms with Crippen LogP contribution in [-0.4, -0.2) is 12.5 Å². The maximum Gasteiger partial charge on any atom is 0.387 e. The van der Waals surface area contributed by atoms with Crippen LogP contribution in [0.1, 0.15) is 10.4 Å². The second kappa shape index (κ2) is 6.38. The minimum absolute atomic E-state index is 0.0853. The monoisotopic (exact) mass is 295 g/mol. The van der Waals surface area contributed by atoms with E-state index >= 15 is 0 Å². The molecule has 2 rings (SSSR count). The summed E-state index contributed by atoms with van der Waals surface area (Å²) < 4.78 is 28.9. The van der Waals surface area contributed by atoms with Gasteiger partial charge >= 0.3 is 6.61 Å². The zero-order valence-electron chi connectivity index (χ0n) is 10.2. The number of carbonyl (C=O) groups is 1. The number of para-hydroxylation sites is 2. The zero-order chi connectivity index (χ0) is 14.5. The standard InChI is InChI=1S/C14H11F2NO2S/c15-14(16)19-12-7-2-1-6-11(12)17-13(18)9-4-3-5-10(20)8-9/h1-8,14,20H,(H,17,18). The number of hydrogen-bond donors (Lipinski definition) is 2. The fourth-order valence-corrected chi connectivity index (χ4v) is 1.84. The molecule has 0 saturated heterocycles. The Bertz CT molecular complexity index is 620. The quantitative estimate of drug-likeness (QED) is 0.841. The van der Waals surface area contributed by atoms with E-state index < -0.39 is 12.5 Å². The van der Waals surface area contributed by atoms with E-state index in [1.54, 1.807) is 36.4 Å². The number of rotatable bonds is 4. The van der Waals surface area contributed by atoms with Crippen molar-refractivity contribution < 1.29 is 18.3 Å². The van der Waals surface area contributed by atoms with Gasteiger partial charge in [-0.05, 0) is 30.3 Å². The van der Waals surface area contributed by atoms with Gasteiger partial charge in [0.1, 0.15) is 5.75 Å². The van der Waals surface area contributed by atoms with Crippen molar-refractivity contribution in [2.45, 2.75) is 11.5 Å². The van der Waals surface area contributed by atoms with Gasteiger partial charge in [0, 0.05) is 10.5 Å². The largest absolute Gasteiger partial charge is 0.433 e. The molecule has 20 heavy (non-hydrogen) atoms. The van der Waals surface area contributed by atoms with Crippen molar-refractivity contribution in [1.82, 2.24) is 0 Å². The molecule has 0 unspecified atom stereocenters. The van der Waals surface area contributed by atoms with Gasteiger partial charge in [0.2, 0.25) is 0 Å². The van der Waals surface area contributed by atoms with Gasteiger partial charge in [-0.2, -0.15) is 8.78 Å². The first kappa shape index (κ1) is 14.3. The first-order valence-electron chi connectivity index (χ1n) is 5.70. The van der Waals surface area contributed by atoms with Crippen molar-refractivity contribution >= 4 is 24.2 Å². The molecule has 6 heteroatoms. The van der Waals surface area contributed by atoms with E-state index in [-0.39, 0.29) is 11.4 Å². The smallest absolute Gasteiger partial charge is 0.387 e. The average molecular weight is 295 g/mol. The molecule has 0 bridgehead atoms. The highest BCUT2D eigenvalue weighted by Crippen LogP contribution is 2.26. The van der Waals surface area contributed by atoms with E-state index in [1.807, 2.05) is 0 Å². The molecule has 0 aromatic heterocycles. The number of anilines is 1. The highest BCUT2D eigenvalue weighted by atomic mass is 32.1. The first-order valence-corrected chi connectivity index (χ1v) is 6.15. The molecule has 1 N–H and O–H groups in total. The van der Waals surface area contributed by atoms with E-state index in [9.17, 15) is 13.6 Å².